The summed E-state index contributed by atoms with van der Waals surface area (Å²) >= 11 is 0. The number of carbonyl (C=O) groups is 3. The van der Waals surface area contributed by atoms with Gasteiger partial charge in [-0.05, 0) is 12.5 Å². The molecular weight excluding hydrogens is 338 g/mol. The van der Waals surface area contributed by atoms with Crippen LogP contribution in [-0.4, -0.2) is 63.8 Å². The van der Waals surface area contributed by atoms with Crippen LogP contribution in [0.5, 0.6) is 0 Å². The predicted octanol–water partition coefficient (Wildman–Crippen LogP) is 0.865. The zero-order valence-electron chi connectivity index (χ0n) is 14.5. The summed E-state index contributed by atoms with van der Waals surface area (Å²) in [5.74, 6) is -1.57. The van der Waals surface area contributed by atoms with Crippen LogP contribution in [0.2, 0.25) is 0 Å². The lowest BCUT2D eigenvalue weighted by Crippen LogP contribution is -2.54. The highest BCUT2D eigenvalue weighted by Gasteiger charge is 2.35. The van der Waals surface area contributed by atoms with Gasteiger partial charge in [0.15, 0.2) is 6.10 Å². The first-order valence-corrected chi connectivity index (χ1v) is 8.53. The highest BCUT2D eigenvalue weighted by atomic mass is 16.5. The van der Waals surface area contributed by atoms with E-state index in [1.54, 1.807) is 6.92 Å². The van der Waals surface area contributed by atoms with Crippen LogP contribution in [0.15, 0.2) is 35.4 Å². The molecular formula is C18H21N3O5. The quantitative estimate of drug-likeness (QED) is 0.860. The van der Waals surface area contributed by atoms with E-state index in [0.29, 0.717) is 13.1 Å². The standard InChI is InChI=1S/C18H21N3O5/c1-12-9-20(11-15(26-12)18(24)25)17(23)14-7-8-16(22)21(19-14)10-13-5-3-2-4-6-13/h2-6,12,15H,7-11H2,1H3,(H,24,25)/t12-,15?/m1/s1. The topological polar surface area (TPSA) is 99.5 Å². The molecule has 3 rings (SSSR count). The van der Waals surface area contributed by atoms with Crippen LogP contribution in [0.3, 0.4) is 0 Å². The van der Waals surface area contributed by atoms with E-state index in [1.165, 1.54) is 9.91 Å². The SMILES string of the molecule is C[C@@H]1CN(C(=O)C2=NN(Cc3ccccc3)C(=O)CC2)CC(C(=O)O)O1. The largest absolute Gasteiger partial charge is 0.479 e. The van der Waals surface area contributed by atoms with Crippen molar-refractivity contribution in [3.8, 4) is 0 Å². The highest BCUT2D eigenvalue weighted by molar-refractivity contribution is 6.39. The molecule has 2 aliphatic rings. The minimum absolute atomic E-state index is 0.0237. The van der Waals surface area contributed by atoms with Gasteiger partial charge in [0.2, 0.25) is 5.91 Å². The molecule has 1 fully saturated rings. The molecule has 0 bridgehead atoms. The van der Waals surface area contributed by atoms with Gasteiger partial charge in [-0.3, -0.25) is 9.59 Å². The summed E-state index contributed by atoms with van der Waals surface area (Å²) in [5, 5.41) is 14.7. The number of ether oxygens (including phenoxy) is 1. The molecule has 1 saturated heterocycles. The molecule has 138 valence electrons. The third-order valence-corrected chi connectivity index (χ3v) is 4.35. The van der Waals surface area contributed by atoms with Crippen LogP contribution in [0.25, 0.3) is 0 Å². The summed E-state index contributed by atoms with van der Waals surface area (Å²) in [6.45, 7) is 2.30. The second kappa shape index (κ2) is 7.65. The van der Waals surface area contributed by atoms with E-state index in [9.17, 15) is 14.4 Å². The van der Waals surface area contributed by atoms with Crippen molar-refractivity contribution in [1.82, 2.24) is 9.91 Å². The van der Waals surface area contributed by atoms with Gasteiger partial charge in [0.05, 0.1) is 19.2 Å². The van der Waals surface area contributed by atoms with Crippen molar-refractivity contribution in [3.63, 3.8) is 0 Å². The van der Waals surface area contributed by atoms with Crippen molar-refractivity contribution in [1.29, 1.82) is 0 Å². The molecule has 2 atom stereocenters. The molecule has 1 unspecified atom stereocenters. The van der Waals surface area contributed by atoms with Crippen LogP contribution in [0, 0.1) is 0 Å². The molecule has 2 amide bonds. The van der Waals surface area contributed by atoms with E-state index in [0.717, 1.165) is 5.56 Å². The molecule has 0 aromatic heterocycles. The Balaban J connectivity index is 1.74. The number of hydrogen-bond acceptors (Lipinski definition) is 5. The Morgan fingerprint density at radius 3 is 2.65 bits per heavy atom. The van der Waals surface area contributed by atoms with Gasteiger partial charge in [-0.15, -0.1) is 0 Å². The number of morpholine rings is 1. The number of carbonyl (C=O) groups excluding carboxylic acids is 2. The van der Waals surface area contributed by atoms with Crippen molar-refractivity contribution < 1.29 is 24.2 Å². The number of aliphatic carboxylic acids is 1. The summed E-state index contributed by atoms with van der Waals surface area (Å²) in [7, 11) is 0. The molecule has 1 N–H and O–H groups in total. The summed E-state index contributed by atoms with van der Waals surface area (Å²) in [5.41, 5.74) is 1.20. The molecule has 8 nitrogen and oxygen atoms in total. The Morgan fingerprint density at radius 2 is 1.96 bits per heavy atom. The number of nitrogens with zero attached hydrogens (tertiary/aromatic N) is 3. The highest BCUT2D eigenvalue weighted by Crippen LogP contribution is 2.17. The van der Waals surface area contributed by atoms with E-state index in [1.807, 2.05) is 30.3 Å². The van der Waals surface area contributed by atoms with Gasteiger partial charge in [0.1, 0.15) is 5.71 Å². The molecule has 2 heterocycles. The first kappa shape index (κ1) is 18.1. The number of hydrogen-bond donors (Lipinski definition) is 1. The number of carboxylic acid groups (broad SMARTS) is 1. The maximum absolute atomic E-state index is 12.8. The van der Waals surface area contributed by atoms with Gasteiger partial charge in [-0.2, -0.15) is 5.10 Å². The zero-order valence-corrected chi connectivity index (χ0v) is 14.5. The predicted molar refractivity (Wildman–Crippen MR) is 92.2 cm³/mol. The fraction of sp³-hybridized carbons (Fsp3) is 0.444. The zero-order chi connectivity index (χ0) is 18.7. The van der Waals surface area contributed by atoms with E-state index in [-0.39, 0.29) is 43.0 Å². The summed E-state index contributed by atoms with van der Waals surface area (Å²) in [4.78, 5) is 37.6. The smallest absolute Gasteiger partial charge is 0.334 e. The van der Waals surface area contributed by atoms with E-state index in [2.05, 4.69) is 5.10 Å². The van der Waals surface area contributed by atoms with Crippen molar-refractivity contribution >= 4 is 23.5 Å². The van der Waals surface area contributed by atoms with Gasteiger partial charge in [0.25, 0.3) is 5.91 Å². The van der Waals surface area contributed by atoms with Gasteiger partial charge in [0, 0.05) is 19.4 Å². The molecule has 0 aliphatic carbocycles. The molecule has 1 aromatic rings. The fourth-order valence-electron chi connectivity index (χ4n) is 3.07. The van der Waals surface area contributed by atoms with Gasteiger partial charge in [-0.1, -0.05) is 30.3 Å². The number of hydrazone groups is 1. The monoisotopic (exact) mass is 359 g/mol. The number of rotatable bonds is 4. The summed E-state index contributed by atoms with van der Waals surface area (Å²) in [6.07, 6.45) is -0.958. The van der Waals surface area contributed by atoms with E-state index >= 15 is 0 Å². The van der Waals surface area contributed by atoms with Crippen molar-refractivity contribution in [2.45, 2.75) is 38.5 Å². The second-order valence-electron chi connectivity index (χ2n) is 6.47. The fourth-order valence-corrected chi connectivity index (χ4v) is 3.07. The normalized spacial score (nSPS) is 23.6. The van der Waals surface area contributed by atoms with E-state index < -0.39 is 12.1 Å². The lowest BCUT2D eigenvalue weighted by Gasteiger charge is -2.35. The molecule has 0 saturated carbocycles. The maximum atomic E-state index is 12.8. The minimum atomic E-state index is -1.10. The van der Waals surface area contributed by atoms with Crippen LogP contribution >= 0.6 is 0 Å². The Bertz CT molecular complexity index is 734. The van der Waals surface area contributed by atoms with Crippen LogP contribution in [0.1, 0.15) is 25.3 Å². The number of amides is 2. The van der Waals surface area contributed by atoms with Crippen LogP contribution in [0.4, 0.5) is 0 Å². The van der Waals surface area contributed by atoms with Crippen molar-refractivity contribution in [3.05, 3.63) is 35.9 Å². The van der Waals surface area contributed by atoms with Gasteiger partial charge < -0.3 is 14.7 Å². The average Bonchev–Trinajstić information content (AvgIpc) is 2.63. The molecule has 0 spiro atoms. The Kier molecular flexibility index (Phi) is 5.32. The van der Waals surface area contributed by atoms with E-state index in [4.69, 9.17) is 9.84 Å². The Labute approximate surface area is 151 Å². The molecule has 0 radical (unpaired) electrons. The first-order chi connectivity index (χ1) is 12.4. The summed E-state index contributed by atoms with van der Waals surface area (Å²) < 4.78 is 5.33. The Morgan fingerprint density at radius 1 is 1.23 bits per heavy atom. The Hall–Kier alpha value is -2.74. The molecule has 8 heteroatoms. The second-order valence-corrected chi connectivity index (χ2v) is 6.47. The van der Waals surface area contributed by atoms with Gasteiger partial charge >= 0.3 is 5.97 Å². The lowest BCUT2D eigenvalue weighted by molar-refractivity contribution is -0.164. The maximum Gasteiger partial charge on any atom is 0.334 e. The molecule has 26 heavy (non-hydrogen) atoms. The van der Waals surface area contributed by atoms with Crippen molar-refractivity contribution in [2.24, 2.45) is 5.10 Å². The average molecular weight is 359 g/mol. The lowest BCUT2D eigenvalue weighted by atomic mass is 10.1. The minimum Gasteiger partial charge on any atom is -0.479 e. The first-order valence-electron chi connectivity index (χ1n) is 8.53. The molecule has 2 aliphatic heterocycles. The number of benzene rings is 1. The third kappa shape index (κ3) is 4.08. The van der Waals surface area contributed by atoms with Crippen LogP contribution < -0.4 is 0 Å². The van der Waals surface area contributed by atoms with Crippen LogP contribution in [-0.2, 0) is 25.7 Å². The summed E-state index contributed by atoms with van der Waals surface area (Å²) in [6, 6.07) is 9.42. The molecule has 1 aromatic carbocycles. The van der Waals surface area contributed by atoms with Crippen molar-refractivity contribution in [2.75, 3.05) is 13.1 Å². The van der Waals surface area contributed by atoms with Gasteiger partial charge in [-0.25, -0.2) is 9.80 Å². The number of carboxylic acids is 1. The third-order valence-electron chi connectivity index (χ3n) is 4.35.